The van der Waals surface area contributed by atoms with E-state index in [9.17, 15) is 28.8 Å². The van der Waals surface area contributed by atoms with Gasteiger partial charge in [-0.05, 0) is 67.6 Å². The van der Waals surface area contributed by atoms with Crippen molar-refractivity contribution in [2.45, 2.75) is 137 Å². The van der Waals surface area contributed by atoms with Gasteiger partial charge >= 0.3 is 12.0 Å². The molecule has 2 saturated carbocycles. The highest BCUT2D eigenvalue weighted by atomic mass is 16.5. The van der Waals surface area contributed by atoms with Crippen LogP contribution in [0.4, 0.5) is 4.79 Å². The lowest BCUT2D eigenvalue weighted by Gasteiger charge is -2.37. The van der Waals surface area contributed by atoms with Crippen LogP contribution in [0.25, 0.3) is 0 Å². The first-order chi connectivity index (χ1) is 21.0. The average Bonchev–Trinajstić information content (AvgIpc) is 3.60. The molecule has 1 saturated heterocycles. The molecule has 3 aliphatic rings. The highest BCUT2D eigenvalue weighted by Crippen LogP contribution is 2.34. The molecule has 0 aromatic carbocycles. The first-order valence-electron chi connectivity index (χ1n) is 16.7. The van der Waals surface area contributed by atoms with Crippen LogP contribution in [0.3, 0.4) is 0 Å². The van der Waals surface area contributed by atoms with E-state index in [-0.39, 0.29) is 36.3 Å². The van der Waals surface area contributed by atoms with Crippen LogP contribution in [0.2, 0.25) is 0 Å². The second-order valence-electron chi connectivity index (χ2n) is 15.0. The number of ether oxygens (including phenoxy) is 1. The lowest BCUT2D eigenvalue weighted by molar-refractivity contribution is -0.152. The molecule has 1 heterocycles. The van der Waals surface area contributed by atoms with Crippen molar-refractivity contribution >= 4 is 35.5 Å². The van der Waals surface area contributed by atoms with Crippen molar-refractivity contribution in [1.82, 2.24) is 20.9 Å². The van der Waals surface area contributed by atoms with Crippen LogP contribution in [0.15, 0.2) is 0 Å². The molecule has 3 rings (SSSR count). The molecule has 0 spiro atoms. The van der Waals surface area contributed by atoms with Gasteiger partial charge in [-0.25, -0.2) is 9.59 Å². The minimum Gasteiger partial charge on any atom is -0.461 e. The molecule has 12 nitrogen and oxygen atoms in total. The SMILES string of the molecule is CC(C)[C@H](NC(=O)N[C@H](C(=O)N1CC[C@H](C(C)C)[C@H]1C(=O)NC(CC1CCC1)C(=O)C(N)=O)C(C)(C)C)C(=O)OC1CCCC1. The van der Waals surface area contributed by atoms with Gasteiger partial charge in [0, 0.05) is 6.54 Å². The number of ketones is 1. The molecule has 45 heavy (non-hydrogen) atoms. The maximum absolute atomic E-state index is 14.2. The fraction of sp³-hybridized carbons (Fsp3) is 0.818. The fourth-order valence-corrected chi connectivity index (χ4v) is 6.69. The number of nitrogens with two attached hydrogens (primary N) is 1. The van der Waals surface area contributed by atoms with E-state index in [1.165, 1.54) is 4.90 Å². The number of hydrogen-bond donors (Lipinski definition) is 4. The smallest absolute Gasteiger partial charge is 0.329 e. The minimum absolute atomic E-state index is 0.0394. The zero-order valence-electron chi connectivity index (χ0n) is 28.1. The van der Waals surface area contributed by atoms with Gasteiger partial charge in [0.05, 0.1) is 6.04 Å². The van der Waals surface area contributed by atoms with Gasteiger partial charge in [-0.3, -0.25) is 19.2 Å². The van der Waals surface area contributed by atoms with Crippen molar-refractivity contribution in [1.29, 1.82) is 0 Å². The van der Waals surface area contributed by atoms with Crippen LogP contribution in [0.1, 0.15) is 106 Å². The predicted molar refractivity (Wildman–Crippen MR) is 168 cm³/mol. The van der Waals surface area contributed by atoms with Gasteiger partial charge in [0.25, 0.3) is 5.91 Å². The number of carbonyl (C=O) groups excluding carboxylic acids is 6. The summed E-state index contributed by atoms with van der Waals surface area (Å²) >= 11 is 0. The van der Waals surface area contributed by atoms with Crippen LogP contribution in [0.5, 0.6) is 0 Å². The van der Waals surface area contributed by atoms with Crippen molar-refractivity contribution in [3.63, 3.8) is 0 Å². The second-order valence-corrected chi connectivity index (χ2v) is 15.0. The van der Waals surface area contributed by atoms with Crippen molar-refractivity contribution in [3.05, 3.63) is 0 Å². The molecule has 0 bridgehead atoms. The van der Waals surface area contributed by atoms with Gasteiger partial charge in [0.15, 0.2) is 0 Å². The van der Waals surface area contributed by atoms with Crippen LogP contribution in [0, 0.1) is 29.1 Å². The zero-order valence-corrected chi connectivity index (χ0v) is 28.1. The third-order valence-corrected chi connectivity index (χ3v) is 9.70. The summed E-state index contributed by atoms with van der Waals surface area (Å²) in [5.41, 5.74) is 4.57. The number of nitrogens with zero attached hydrogens (tertiary/aromatic N) is 1. The third kappa shape index (κ3) is 9.42. The summed E-state index contributed by atoms with van der Waals surface area (Å²) in [5, 5.41) is 8.29. The minimum atomic E-state index is -1.10. The fourth-order valence-electron chi connectivity index (χ4n) is 6.69. The molecular weight excluding hydrogens is 578 g/mol. The summed E-state index contributed by atoms with van der Waals surface area (Å²) in [4.78, 5) is 80.3. The Morgan fingerprint density at radius 3 is 1.98 bits per heavy atom. The Labute approximate surface area is 267 Å². The number of esters is 1. The maximum Gasteiger partial charge on any atom is 0.329 e. The molecule has 1 aliphatic heterocycles. The number of nitrogens with one attached hydrogen (secondary N) is 3. The molecule has 2 aliphatic carbocycles. The Balaban J connectivity index is 1.79. The van der Waals surface area contributed by atoms with Crippen LogP contribution in [-0.4, -0.2) is 77.2 Å². The summed E-state index contributed by atoms with van der Waals surface area (Å²) in [5.74, 6) is -3.58. The third-order valence-electron chi connectivity index (χ3n) is 9.70. The highest BCUT2D eigenvalue weighted by molar-refractivity contribution is 6.37. The molecule has 5 amide bonds. The van der Waals surface area contributed by atoms with E-state index in [1.807, 2.05) is 48.5 Å². The Kier molecular flexibility index (Phi) is 12.4. The topological polar surface area (TPSA) is 177 Å². The van der Waals surface area contributed by atoms with Crippen LogP contribution < -0.4 is 21.7 Å². The molecule has 12 heteroatoms. The maximum atomic E-state index is 14.2. The van der Waals surface area contributed by atoms with Crippen molar-refractivity contribution in [2.75, 3.05) is 6.54 Å². The van der Waals surface area contributed by atoms with Crippen molar-refractivity contribution < 1.29 is 33.5 Å². The number of primary amides is 1. The number of Topliss-reactive ketones (excluding diaryl/α,β-unsaturated/α-hetero) is 1. The average molecular weight is 634 g/mol. The molecule has 5 atom stereocenters. The van der Waals surface area contributed by atoms with Gasteiger partial charge in [0.1, 0.15) is 24.2 Å². The van der Waals surface area contributed by atoms with Gasteiger partial charge < -0.3 is 31.3 Å². The second kappa shape index (κ2) is 15.4. The van der Waals surface area contributed by atoms with Crippen LogP contribution in [-0.2, 0) is 28.7 Å². The highest BCUT2D eigenvalue weighted by Gasteiger charge is 2.48. The first kappa shape index (κ1) is 36.3. The molecule has 1 unspecified atom stereocenters. The largest absolute Gasteiger partial charge is 0.461 e. The van der Waals surface area contributed by atoms with Crippen LogP contribution >= 0.6 is 0 Å². The van der Waals surface area contributed by atoms with E-state index in [4.69, 9.17) is 10.5 Å². The number of urea groups is 1. The normalized spacial score (nSPS) is 22.8. The van der Waals surface area contributed by atoms with Gasteiger partial charge in [0.2, 0.25) is 17.6 Å². The molecule has 0 aromatic rings. The molecule has 0 aromatic heterocycles. The summed E-state index contributed by atoms with van der Waals surface area (Å²) < 4.78 is 5.66. The lowest BCUT2D eigenvalue weighted by atomic mass is 9.80. The van der Waals surface area contributed by atoms with E-state index in [0.29, 0.717) is 12.8 Å². The lowest BCUT2D eigenvalue weighted by Crippen LogP contribution is -2.62. The summed E-state index contributed by atoms with van der Waals surface area (Å²) in [6, 6.07) is -4.56. The number of rotatable bonds is 13. The van der Waals surface area contributed by atoms with E-state index in [1.54, 1.807) is 0 Å². The number of carbonyl (C=O) groups is 6. The summed E-state index contributed by atoms with van der Waals surface area (Å²) in [6.45, 7) is 13.3. The Hall–Kier alpha value is -3.18. The Bertz CT molecular complexity index is 1110. The van der Waals surface area contributed by atoms with E-state index in [0.717, 1.165) is 44.9 Å². The Morgan fingerprint density at radius 1 is 0.867 bits per heavy atom. The van der Waals surface area contributed by atoms with Crippen molar-refractivity contribution in [2.24, 2.45) is 34.8 Å². The molecule has 254 valence electrons. The molecule has 0 radical (unpaired) electrons. The monoisotopic (exact) mass is 633 g/mol. The van der Waals surface area contributed by atoms with E-state index in [2.05, 4.69) is 16.0 Å². The molecular formula is C33H55N5O7. The van der Waals surface area contributed by atoms with E-state index < -0.39 is 65.1 Å². The Morgan fingerprint density at radius 2 is 1.49 bits per heavy atom. The van der Waals surface area contributed by atoms with Gasteiger partial charge in [-0.1, -0.05) is 67.7 Å². The first-order valence-corrected chi connectivity index (χ1v) is 16.7. The number of likely N-dealkylation sites (tertiary alicyclic amines) is 1. The summed E-state index contributed by atoms with van der Waals surface area (Å²) in [6.07, 6.45) is 7.23. The summed E-state index contributed by atoms with van der Waals surface area (Å²) in [7, 11) is 0. The standard InChI is InChI=1S/C33H55N5O7/c1-18(2)22-15-16-38(25(22)29(41)35-23(26(39)28(34)40)17-20-11-10-12-20)30(42)27(33(5,6)7)37-32(44)36-24(19(3)4)31(43)45-21-13-8-9-14-21/h18-25,27H,8-17H2,1-7H3,(H2,34,40)(H,35,41)(H2,36,37,44)/t22-,23?,24+,25+,27-/m1/s1. The number of hydrogen-bond acceptors (Lipinski definition) is 7. The molecule has 3 fully saturated rings. The van der Waals surface area contributed by atoms with Gasteiger partial charge in [-0.15, -0.1) is 0 Å². The quantitative estimate of drug-likeness (QED) is 0.178. The zero-order chi connectivity index (χ0) is 33.6. The number of amides is 5. The van der Waals surface area contributed by atoms with Gasteiger partial charge in [-0.2, -0.15) is 0 Å². The van der Waals surface area contributed by atoms with E-state index >= 15 is 0 Å². The van der Waals surface area contributed by atoms with Crippen molar-refractivity contribution in [3.8, 4) is 0 Å². The predicted octanol–water partition coefficient (Wildman–Crippen LogP) is 2.81. The molecule has 5 N–H and O–H groups in total.